The Labute approximate surface area is 113 Å². The van der Waals surface area contributed by atoms with Gasteiger partial charge in [0.1, 0.15) is 0 Å². The lowest BCUT2D eigenvalue weighted by atomic mass is 9.88. The molecule has 1 heterocycles. The molecule has 5 heteroatoms. The second-order valence-corrected chi connectivity index (χ2v) is 5.54. The summed E-state index contributed by atoms with van der Waals surface area (Å²) in [4.78, 5) is 24.8. The smallest absolute Gasteiger partial charge is 0.303 e. The van der Waals surface area contributed by atoms with Crippen LogP contribution in [0.2, 0.25) is 0 Å². The second kappa shape index (κ2) is 6.89. The predicted molar refractivity (Wildman–Crippen MR) is 69.8 cm³/mol. The Morgan fingerprint density at radius 1 is 1.21 bits per heavy atom. The van der Waals surface area contributed by atoms with E-state index >= 15 is 0 Å². The van der Waals surface area contributed by atoms with E-state index in [2.05, 4.69) is 0 Å². The number of aliphatic carboxylic acids is 1. The predicted octanol–water partition coefficient (Wildman–Crippen LogP) is 1.66. The molecule has 5 nitrogen and oxygen atoms in total. The summed E-state index contributed by atoms with van der Waals surface area (Å²) in [5.74, 6) is -0.366. The number of amides is 1. The Hall–Kier alpha value is -1.10. The van der Waals surface area contributed by atoms with Crippen LogP contribution in [0.15, 0.2) is 0 Å². The largest absolute Gasteiger partial charge is 0.481 e. The zero-order chi connectivity index (χ0) is 13.7. The maximum atomic E-state index is 12.4. The lowest BCUT2D eigenvalue weighted by Gasteiger charge is -2.35. The fourth-order valence-corrected chi connectivity index (χ4v) is 2.99. The molecule has 0 aromatic heterocycles. The van der Waals surface area contributed by atoms with Crippen molar-refractivity contribution in [3.8, 4) is 0 Å². The zero-order valence-corrected chi connectivity index (χ0v) is 11.3. The molecule has 1 atom stereocenters. The molecule has 2 fully saturated rings. The quantitative estimate of drug-likeness (QED) is 0.843. The van der Waals surface area contributed by atoms with Gasteiger partial charge in [0.25, 0.3) is 0 Å². The third-order valence-electron chi connectivity index (χ3n) is 4.09. The minimum Gasteiger partial charge on any atom is -0.481 e. The monoisotopic (exact) mass is 269 g/mol. The molecule has 1 amide bonds. The number of carboxylic acid groups (broad SMARTS) is 1. The number of carbonyl (C=O) groups excluding carboxylic acids is 1. The molecule has 0 aromatic carbocycles. The summed E-state index contributed by atoms with van der Waals surface area (Å²) >= 11 is 0. The van der Waals surface area contributed by atoms with Crippen molar-refractivity contribution in [2.75, 3.05) is 19.7 Å². The summed E-state index contributed by atoms with van der Waals surface area (Å²) < 4.78 is 5.54. The average Bonchev–Trinajstić information content (AvgIpc) is 2.45. The van der Waals surface area contributed by atoms with Crippen LogP contribution in [0.3, 0.4) is 0 Å². The molecule has 1 unspecified atom stereocenters. The normalized spacial score (nSPS) is 25.3. The van der Waals surface area contributed by atoms with Crippen molar-refractivity contribution in [2.24, 2.45) is 5.92 Å². The van der Waals surface area contributed by atoms with Gasteiger partial charge in [-0.3, -0.25) is 9.59 Å². The molecule has 1 N–H and O–H groups in total. The molecule has 2 rings (SSSR count). The minimum absolute atomic E-state index is 0.107. The highest BCUT2D eigenvalue weighted by Crippen LogP contribution is 2.26. The van der Waals surface area contributed by atoms with Crippen molar-refractivity contribution in [3.63, 3.8) is 0 Å². The van der Waals surface area contributed by atoms with Gasteiger partial charge in [-0.25, -0.2) is 0 Å². The summed E-state index contributed by atoms with van der Waals surface area (Å²) in [6.07, 6.45) is 6.06. The number of carbonyl (C=O) groups is 2. The van der Waals surface area contributed by atoms with Crippen LogP contribution in [-0.4, -0.2) is 47.7 Å². The van der Waals surface area contributed by atoms with E-state index in [1.54, 1.807) is 0 Å². The lowest BCUT2D eigenvalue weighted by Crippen LogP contribution is -2.48. The molecular weight excluding hydrogens is 246 g/mol. The van der Waals surface area contributed by atoms with E-state index in [0.717, 1.165) is 25.7 Å². The molecule has 0 radical (unpaired) electrons. The van der Waals surface area contributed by atoms with Crippen LogP contribution in [0, 0.1) is 5.92 Å². The third-order valence-corrected chi connectivity index (χ3v) is 4.09. The minimum atomic E-state index is -0.806. The maximum Gasteiger partial charge on any atom is 0.303 e. The molecule has 19 heavy (non-hydrogen) atoms. The summed E-state index contributed by atoms with van der Waals surface area (Å²) in [5, 5.41) is 8.69. The van der Waals surface area contributed by atoms with Gasteiger partial charge < -0.3 is 14.7 Å². The van der Waals surface area contributed by atoms with E-state index in [1.165, 1.54) is 6.42 Å². The van der Waals surface area contributed by atoms with Crippen LogP contribution in [0.4, 0.5) is 0 Å². The Bertz CT molecular complexity index is 325. The summed E-state index contributed by atoms with van der Waals surface area (Å²) in [6, 6.07) is 0. The van der Waals surface area contributed by atoms with Gasteiger partial charge in [-0.2, -0.15) is 0 Å². The number of rotatable bonds is 4. The molecule has 108 valence electrons. The van der Waals surface area contributed by atoms with E-state index in [0.29, 0.717) is 26.1 Å². The number of ether oxygens (including phenoxy) is 1. The topological polar surface area (TPSA) is 66.8 Å². The van der Waals surface area contributed by atoms with Crippen molar-refractivity contribution >= 4 is 11.9 Å². The molecule has 0 aromatic rings. The molecule has 2 aliphatic rings. The summed E-state index contributed by atoms with van der Waals surface area (Å²) in [6.45, 7) is 1.74. The van der Waals surface area contributed by atoms with Crippen LogP contribution < -0.4 is 0 Å². The highest BCUT2D eigenvalue weighted by Gasteiger charge is 2.30. The third kappa shape index (κ3) is 4.20. The first-order valence-electron chi connectivity index (χ1n) is 7.29. The van der Waals surface area contributed by atoms with Crippen molar-refractivity contribution in [2.45, 2.75) is 51.0 Å². The SMILES string of the molecule is O=C(O)CCC1CN(C(=O)C2CCCCC2)CCO1. The van der Waals surface area contributed by atoms with E-state index in [9.17, 15) is 9.59 Å². The summed E-state index contributed by atoms with van der Waals surface area (Å²) in [5.41, 5.74) is 0. The number of carboxylic acids is 1. The first-order chi connectivity index (χ1) is 9.16. The van der Waals surface area contributed by atoms with Gasteiger partial charge in [-0.1, -0.05) is 19.3 Å². The van der Waals surface area contributed by atoms with Gasteiger partial charge in [-0.15, -0.1) is 0 Å². The van der Waals surface area contributed by atoms with Gasteiger partial charge in [-0.05, 0) is 19.3 Å². The zero-order valence-electron chi connectivity index (χ0n) is 11.3. The van der Waals surface area contributed by atoms with Crippen LogP contribution in [0.25, 0.3) is 0 Å². The Morgan fingerprint density at radius 3 is 2.63 bits per heavy atom. The first kappa shape index (κ1) is 14.3. The second-order valence-electron chi connectivity index (χ2n) is 5.54. The Balaban J connectivity index is 1.82. The Morgan fingerprint density at radius 2 is 1.95 bits per heavy atom. The van der Waals surface area contributed by atoms with Crippen LogP contribution in [0.5, 0.6) is 0 Å². The van der Waals surface area contributed by atoms with Crippen LogP contribution in [0.1, 0.15) is 44.9 Å². The molecule has 1 saturated heterocycles. The fraction of sp³-hybridized carbons (Fsp3) is 0.857. The van der Waals surface area contributed by atoms with Crippen molar-refractivity contribution in [1.29, 1.82) is 0 Å². The van der Waals surface area contributed by atoms with Gasteiger partial charge in [0.15, 0.2) is 0 Å². The van der Waals surface area contributed by atoms with Gasteiger partial charge in [0.2, 0.25) is 5.91 Å². The van der Waals surface area contributed by atoms with E-state index in [-0.39, 0.29) is 24.3 Å². The van der Waals surface area contributed by atoms with Crippen molar-refractivity contribution in [3.05, 3.63) is 0 Å². The molecule has 0 spiro atoms. The van der Waals surface area contributed by atoms with E-state index in [4.69, 9.17) is 9.84 Å². The number of hydrogen-bond acceptors (Lipinski definition) is 3. The highest BCUT2D eigenvalue weighted by molar-refractivity contribution is 5.79. The first-order valence-corrected chi connectivity index (χ1v) is 7.29. The van der Waals surface area contributed by atoms with E-state index < -0.39 is 5.97 Å². The molecule has 1 aliphatic carbocycles. The molecular formula is C14H23NO4. The van der Waals surface area contributed by atoms with Crippen LogP contribution >= 0.6 is 0 Å². The lowest BCUT2D eigenvalue weighted by molar-refractivity contribution is -0.145. The number of nitrogens with zero attached hydrogens (tertiary/aromatic N) is 1. The number of hydrogen-bond donors (Lipinski definition) is 1. The Kier molecular flexibility index (Phi) is 5.19. The van der Waals surface area contributed by atoms with Crippen molar-refractivity contribution < 1.29 is 19.4 Å². The standard InChI is InChI=1S/C14H23NO4/c16-13(17)7-6-12-10-15(8-9-19-12)14(18)11-4-2-1-3-5-11/h11-12H,1-10H2,(H,16,17). The van der Waals surface area contributed by atoms with Crippen LogP contribution in [-0.2, 0) is 14.3 Å². The fourth-order valence-electron chi connectivity index (χ4n) is 2.99. The van der Waals surface area contributed by atoms with E-state index in [1.807, 2.05) is 4.90 Å². The summed E-state index contributed by atoms with van der Waals surface area (Å²) in [7, 11) is 0. The van der Waals surface area contributed by atoms with Gasteiger partial charge >= 0.3 is 5.97 Å². The maximum absolute atomic E-state index is 12.4. The van der Waals surface area contributed by atoms with Crippen molar-refractivity contribution in [1.82, 2.24) is 4.90 Å². The van der Waals surface area contributed by atoms with Gasteiger partial charge in [0, 0.05) is 25.4 Å². The highest BCUT2D eigenvalue weighted by atomic mass is 16.5. The average molecular weight is 269 g/mol. The number of morpholine rings is 1. The van der Waals surface area contributed by atoms with Gasteiger partial charge in [0.05, 0.1) is 12.7 Å². The molecule has 0 bridgehead atoms. The molecule has 1 saturated carbocycles. The molecule has 1 aliphatic heterocycles.